The van der Waals surface area contributed by atoms with Gasteiger partial charge in [-0.1, -0.05) is 12.1 Å². The zero-order valence-corrected chi connectivity index (χ0v) is 13.9. The Morgan fingerprint density at radius 3 is 2.50 bits per heavy atom. The van der Waals surface area contributed by atoms with Crippen molar-refractivity contribution in [3.8, 4) is 5.75 Å². The first-order valence-corrected chi connectivity index (χ1v) is 8.26. The molecule has 3 rings (SSSR count). The molecule has 1 heterocycles. The highest BCUT2D eigenvalue weighted by Gasteiger charge is 2.24. The second kappa shape index (κ2) is 7.76. The smallest absolute Gasteiger partial charge is 0.387 e. The number of halogens is 4. The Balaban J connectivity index is 1.65. The molecule has 0 saturated heterocycles. The number of nitrogens with zero attached hydrogens (tertiary/aromatic N) is 1. The van der Waals surface area contributed by atoms with Gasteiger partial charge >= 0.3 is 6.61 Å². The highest BCUT2D eigenvalue weighted by molar-refractivity contribution is 5.94. The maximum Gasteiger partial charge on any atom is 0.387 e. The van der Waals surface area contributed by atoms with Crippen molar-refractivity contribution in [1.29, 1.82) is 0 Å². The van der Waals surface area contributed by atoms with Gasteiger partial charge in [-0.2, -0.15) is 8.78 Å². The summed E-state index contributed by atoms with van der Waals surface area (Å²) in [7, 11) is 0. The van der Waals surface area contributed by atoms with Gasteiger partial charge in [-0.3, -0.25) is 4.79 Å². The molecule has 1 amide bonds. The van der Waals surface area contributed by atoms with Crippen LogP contribution < -0.4 is 9.64 Å². The third kappa shape index (κ3) is 4.15. The van der Waals surface area contributed by atoms with Crippen LogP contribution in [0.25, 0.3) is 0 Å². The fraction of sp³-hybridized carbons (Fsp3) is 0.316. The third-order valence-electron chi connectivity index (χ3n) is 4.32. The summed E-state index contributed by atoms with van der Waals surface area (Å²) in [6, 6.07) is 8.28. The number of alkyl halides is 2. The fourth-order valence-corrected chi connectivity index (χ4v) is 3.06. The molecule has 0 bridgehead atoms. The molecule has 0 radical (unpaired) electrons. The van der Waals surface area contributed by atoms with Crippen molar-refractivity contribution in [3.63, 3.8) is 0 Å². The lowest BCUT2D eigenvalue weighted by molar-refractivity contribution is -0.118. The predicted molar refractivity (Wildman–Crippen MR) is 88.4 cm³/mol. The molecule has 138 valence electrons. The van der Waals surface area contributed by atoms with Gasteiger partial charge in [-0.05, 0) is 48.6 Å². The summed E-state index contributed by atoms with van der Waals surface area (Å²) in [5.41, 5.74) is 1.83. The number of carbonyl (C=O) groups excluding carboxylic acids is 1. The summed E-state index contributed by atoms with van der Waals surface area (Å²) >= 11 is 0. The van der Waals surface area contributed by atoms with E-state index >= 15 is 0 Å². The number of hydrogen-bond acceptors (Lipinski definition) is 2. The number of amides is 1. The average Bonchev–Trinajstić information content (AvgIpc) is 2.61. The largest absolute Gasteiger partial charge is 0.435 e. The van der Waals surface area contributed by atoms with Crippen LogP contribution in [0.4, 0.5) is 23.2 Å². The van der Waals surface area contributed by atoms with E-state index in [1.807, 2.05) is 0 Å². The summed E-state index contributed by atoms with van der Waals surface area (Å²) < 4.78 is 55.5. The van der Waals surface area contributed by atoms with Gasteiger partial charge in [0.15, 0.2) is 11.6 Å². The molecule has 0 fully saturated rings. The van der Waals surface area contributed by atoms with Crippen molar-refractivity contribution in [3.05, 3.63) is 59.2 Å². The van der Waals surface area contributed by atoms with Gasteiger partial charge in [0.2, 0.25) is 5.91 Å². The maximum absolute atomic E-state index is 13.5. The van der Waals surface area contributed by atoms with Gasteiger partial charge in [0, 0.05) is 24.7 Å². The van der Waals surface area contributed by atoms with E-state index in [2.05, 4.69) is 4.74 Å². The van der Waals surface area contributed by atoms with E-state index in [0.29, 0.717) is 37.1 Å². The Hall–Kier alpha value is -2.57. The summed E-state index contributed by atoms with van der Waals surface area (Å²) in [6.07, 6.45) is 1.86. The molecule has 0 unspecified atom stereocenters. The fourth-order valence-electron chi connectivity index (χ4n) is 3.06. The molecule has 1 aliphatic heterocycles. The van der Waals surface area contributed by atoms with Gasteiger partial charge < -0.3 is 9.64 Å². The third-order valence-corrected chi connectivity index (χ3v) is 4.32. The van der Waals surface area contributed by atoms with Crippen LogP contribution >= 0.6 is 0 Å². The van der Waals surface area contributed by atoms with Crippen LogP contribution in [0.15, 0.2) is 36.4 Å². The summed E-state index contributed by atoms with van der Waals surface area (Å²) in [6.45, 7) is -2.43. The Morgan fingerprint density at radius 2 is 1.81 bits per heavy atom. The van der Waals surface area contributed by atoms with E-state index in [9.17, 15) is 22.4 Å². The molecule has 0 aromatic heterocycles. The molecule has 0 spiro atoms. The molecular formula is C19H17F4NO2. The normalized spacial score (nSPS) is 13.7. The minimum absolute atomic E-state index is 0.0533. The van der Waals surface area contributed by atoms with Crippen LogP contribution in [0, 0.1) is 11.6 Å². The van der Waals surface area contributed by atoms with Crippen molar-refractivity contribution >= 4 is 11.6 Å². The Kier molecular flexibility index (Phi) is 5.44. The number of rotatable bonds is 5. The number of ether oxygens (including phenoxy) is 1. The number of hydrogen-bond donors (Lipinski definition) is 0. The number of benzene rings is 2. The predicted octanol–water partition coefficient (Wildman–Crippen LogP) is 4.48. The van der Waals surface area contributed by atoms with Crippen LogP contribution in [0.2, 0.25) is 0 Å². The molecule has 0 saturated carbocycles. The molecule has 1 aliphatic rings. The number of aryl methyl sites for hydroxylation is 2. The average molecular weight is 367 g/mol. The molecule has 26 heavy (non-hydrogen) atoms. The number of carbonyl (C=O) groups is 1. The van der Waals surface area contributed by atoms with E-state index in [1.165, 1.54) is 17.0 Å². The highest BCUT2D eigenvalue weighted by atomic mass is 19.3. The van der Waals surface area contributed by atoms with Crippen LogP contribution in [-0.2, 0) is 17.6 Å². The summed E-state index contributed by atoms with van der Waals surface area (Å²) in [5.74, 6) is -2.02. The quantitative estimate of drug-likeness (QED) is 0.730. The van der Waals surface area contributed by atoms with Gasteiger partial charge in [0.05, 0.1) is 0 Å². The van der Waals surface area contributed by atoms with Crippen molar-refractivity contribution in [2.45, 2.75) is 32.3 Å². The van der Waals surface area contributed by atoms with E-state index in [1.54, 1.807) is 12.1 Å². The molecule has 3 nitrogen and oxygen atoms in total. The molecule has 0 atom stereocenters. The molecule has 7 heteroatoms. The van der Waals surface area contributed by atoms with Crippen LogP contribution in [-0.4, -0.2) is 19.1 Å². The molecule has 2 aromatic carbocycles. The van der Waals surface area contributed by atoms with E-state index < -0.39 is 18.2 Å². The Morgan fingerprint density at radius 1 is 1.12 bits per heavy atom. The molecular weight excluding hydrogens is 350 g/mol. The minimum atomic E-state index is -2.88. The molecule has 0 N–H and O–H groups in total. The lowest BCUT2D eigenvalue weighted by atomic mass is 10.00. The van der Waals surface area contributed by atoms with Gasteiger partial charge in [0.25, 0.3) is 0 Å². The monoisotopic (exact) mass is 367 g/mol. The highest BCUT2D eigenvalue weighted by Crippen LogP contribution is 2.30. The van der Waals surface area contributed by atoms with Crippen molar-refractivity contribution in [2.24, 2.45) is 0 Å². The van der Waals surface area contributed by atoms with E-state index in [-0.39, 0.29) is 18.1 Å². The van der Waals surface area contributed by atoms with E-state index in [0.717, 1.165) is 17.7 Å². The molecule has 0 aliphatic carbocycles. The second-order valence-corrected chi connectivity index (χ2v) is 6.07. The summed E-state index contributed by atoms with van der Waals surface area (Å²) in [5, 5.41) is 0. The van der Waals surface area contributed by atoms with Crippen LogP contribution in [0.1, 0.15) is 24.0 Å². The first kappa shape index (κ1) is 18.2. The lowest BCUT2D eigenvalue weighted by Gasteiger charge is -2.29. The first-order chi connectivity index (χ1) is 12.4. The van der Waals surface area contributed by atoms with Crippen molar-refractivity contribution in [2.75, 3.05) is 11.4 Å². The maximum atomic E-state index is 13.5. The minimum Gasteiger partial charge on any atom is -0.435 e. The Labute approximate surface area is 148 Å². The number of fused-ring (bicyclic) bond motifs is 1. The van der Waals surface area contributed by atoms with Crippen molar-refractivity contribution in [1.82, 2.24) is 0 Å². The zero-order chi connectivity index (χ0) is 18.7. The van der Waals surface area contributed by atoms with Gasteiger partial charge in [0.1, 0.15) is 5.75 Å². The summed E-state index contributed by atoms with van der Waals surface area (Å²) in [4.78, 5) is 14.0. The number of anilines is 1. The second-order valence-electron chi connectivity index (χ2n) is 6.07. The van der Waals surface area contributed by atoms with Crippen LogP contribution in [0.3, 0.4) is 0 Å². The first-order valence-electron chi connectivity index (χ1n) is 8.26. The lowest BCUT2D eigenvalue weighted by Crippen LogP contribution is -2.35. The van der Waals surface area contributed by atoms with Crippen LogP contribution in [0.5, 0.6) is 5.75 Å². The molecule has 2 aromatic rings. The van der Waals surface area contributed by atoms with Gasteiger partial charge in [-0.15, -0.1) is 0 Å². The van der Waals surface area contributed by atoms with Gasteiger partial charge in [-0.25, -0.2) is 8.78 Å². The standard InChI is InChI=1S/C19H17F4NO2/c20-15-10-13-2-1-9-24(17(13)11-16(15)21)18(25)8-5-12-3-6-14(7-4-12)26-19(22)23/h3-4,6-7,10-11,19H,1-2,5,8-9H2. The van der Waals surface area contributed by atoms with E-state index in [4.69, 9.17) is 0 Å². The van der Waals surface area contributed by atoms with Crippen molar-refractivity contribution < 1.29 is 27.1 Å². The Bertz CT molecular complexity index is 793. The SMILES string of the molecule is O=C(CCc1ccc(OC(F)F)cc1)N1CCCc2cc(F)c(F)cc21. The zero-order valence-electron chi connectivity index (χ0n) is 13.9. The topological polar surface area (TPSA) is 29.5 Å².